The van der Waals surface area contributed by atoms with Gasteiger partial charge in [0.25, 0.3) is 0 Å². The number of aromatic nitrogens is 3. The zero-order valence-corrected chi connectivity index (χ0v) is 19.3. The summed E-state index contributed by atoms with van der Waals surface area (Å²) >= 11 is 12.5. The van der Waals surface area contributed by atoms with E-state index < -0.39 is 0 Å². The van der Waals surface area contributed by atoms with E-state index in [0.29, 0.717) is 34.5 Å². The van der Waals surface area contributed by atoms with Crippen molar-refractivity contribution in [2.24, 2.45) is 9.98 Å². The lowest BCUT2D eigenvalue weighted by Crippen LogP contribution is -2.17. The zero-order valence-electron chi connectivity index (χ0n) is 17.8. The number of aryl methyl sites for hydroxylation is 1. The quantitative estimate of drug-likeness (QED) is 0.413. The average Bonchev–Trinajstić information content (AvgIpc) is 3.05. The van der Waals surface area contributed by atoms with Crippen LogP contribution >= 0.6 is 23.2 Å². The molecule has 2 aromatic heterocycles. The lowest BCUT2D eigenvalue weighted by Gasteiger charge is -2.10. The number of aliphatic imine (C=N–C) groups is 2. The topological polar surface area (TPSA) is 87.7 Å². The van der Waals surface area contributed by atoms with Gasteiger partial charge < -0.3 is 10.4 Å². The summed E-state index contributed by atoms with van der Waals surface area (Å²) in [5, 5.41) is 13.4. The van der Waals surface area contributed by atoms with Gasteiger partial charge in [0, 0.05) is 18.3 Å². The number of aliphatic hydroxyl groups is 1. The van der Waals surface area contributed by atoms with Crippen molar-refractivity contribution in [1.29, 1.82) is 0 Å². The first kappa shape index (κ1) is 21.6. The number of nitrogens with zero attached hydrogens (tertiary/aromatic N) is 5. The average molecular weight is 479 g/mol. The normalized spacial score (nSPS) is 14.7. The molecule has 0 unspecified atom stereocenters. The van der Waals surface area contributed by atoms with E-state index in [1.807, 2.05) is 37.3 Å². The third-order valence-corrected chi connectivity index (χ3v) is 6.12. The second-order valence-corrected chi connectivity index (χ2v) is 8.42. The van der Waals surface area contributed by atoms with Gasteiger partial charge in [0.15, 0.2) is 0 Å². The summed E-state index contributed by atoms with van der Waals surface area (Å²) in [6, 6.07) is 13.6. The number of hydrogen-bond acceptors (Lipinski definition) is 5. The van der Waals surface area contributed by atoms with E-state index >= 15 is 0 Å². The van der Waals surface area contributed by atoms with Crippen molar-refractivity contribution in [3.05, 3.63) is 76.3 Å². The van der Waals surface area contributed by atoms with Crippen LogP contribution in [0.3, 0.4) is 0 Å². The van der Waals surface area contributed by atoms with Crippen LogP contribution in [-0.4, -0.2) is 44.3 Å². The highest BCUT2D eigenvalue weighted by atomic mass is 35.5. The van der Waals surface area contributed by atoms with E-state index in [-0.39, 0.29) is 6.61 Å². The first-order chi connectivity index (χ1) is 16.0. The summed E-state index contributed by atoms with van der Waals surface area (Å²) in [6.45, 7) is 2.24. The molecule has 0 saturated carbocycles. The molecule has 4 aromatic rings. The Hall–Kier alpha value is -3.26. The summed E-state index contributed by atoms with van der Waals surface area (Å²) < 4.78 is 2.10. The van der Waals surface area contributed by atoms with Crippen LogP contribution in [0, 0.1) is 6.92 Å². The number of fused-ring (bicyclic) bond motifs is 2. The predicted octanol–water partition coefficient (Wildman–Crippen LogP) is 5.36. The third kappa shape index (κ3) is 4.23. The molecular weight excluding hydrogens is 459 g/mol. The van der Waals surface area contributed by atoms with Crippen LogP contribution in [0.1, 0.15) is 17.8 Å². The standard InChI is InChI=1S/C24H20Cl2N6O/c1-14-29-22-13-27-7-6-23(22)32(14)16-4-2-15(3-5-16)19-12-24(28-8-9-33)31-21-11-18(26)17(25)10-20(21)30-19/h2-7,10-11,13,33H,8-9,12H2,1H3,(H,28,31). The molecule has 0 radical (unpaired) electrons. The molecule has 7 nitrogen and oxygen atoms in total. The Kier molecular flexibility index (Phi) is 5.85. The van der Waals surface area contributed by atoms with Gasteiger partial charge in [-0.3, -0.25) is 19.5 Å². The number of halogens is 2. The maximum atomic E-state index is 9.23. The molecule has 33 heavy (non-hydrogen) atoms. The van der Waals surface area contributed by atoms with Crippen molar-refractivity contribution < 1.29 is 5.11 Å². The van der Waals surface area contributed by atoms with E-state index in [9.17, 15) is 5.11 Å². The molecule has 0 fully saturated rings. The van der Waals surface area contributed by atoms with Gasteiger partial charge >= 0.3 is 0 Å². The minimum Gasteiger partial charge on any atom is -0.394 e. The highest BCUT2D eigenvalue weighted by molar-refractivity contribution is 6.42. The molecule has 1 aliphatic rings. The molecule has 3 heterocycles. The molecule has 1 aliphatic heterocycles. The van der Waals surface area contributed by atoms with Gasteiger partial charge in [-0.25, -0.2) is 4.98 Å². The maximum Gasteiger partial charge on any atom is 0.111 e. The van der Waals surface area contributed by atoms with Crippen LogP contribution in [0.2, 0.25) is 10.0 Å². The van der Waals surface area contributed by atoms with Gasteiger partial charge in [-0.15, -0.1) is 0 Å². The maximum absolute atomic E-state index is 9.23. The number of hydrogen-bond donors (Lipinski definition) is 2. The fraction of sp³-hybridized carbons (Fsp3) is 0.167. The number of rotatable bonds is 4. The minimum absolute atomic E-state index is 0.0334. The van der Waals surface area contributed by atoms with Crippen molar-refractivity contribution >= 4 is 57.2 Å². The molecule has 5 rings (SSSR count). The Bertz CT molecular complexity index is 1410. The van der Waals surface area contributed by atoms with E-state index in [1.54, 1.807) is 24.5 Å². The molecule has 0 atom stereocenters. The van der Waals surface area contributed by atoms with Crippen molar-refractivity contribution in [1.82, 2.24) is 14.5 Å². The van der Waals surface area contributed by atoms with Gasteiger partial charge in [0.1, 0.15) is 17.2 Å². The predicted molar refractivity (Wildman–Crippen MR) is 134 cm³/mol. The lowest BCUT2D eigenvalue weighted by molar-refractivity contribution is 0.307. The van der Waals surface area contributed by atoms with Crippen LogP contribution in [-0.2, 0) is 0 Å². The van der Waals surface area contributed by atoms with Crippen LogP contribution < -0.4 is 5.32 Å². The molecular formula is C24H20Cl2N6O. The third-order valence-electron chi connectivity index (χ3n) is 5.39. The Labute approximate surface area is 200 Å². The SMILES string of the molecule is Cc1nc2cnccc2n1-c1ccc(C2=Nc3cc(Cl)c(Cl)cc3NC(=NCCO)C2)cc1. The van der Waals surface area contributed by atoms with E-state index in [1.165, 1.54) is 0 Å². The first-order valence-corrected chi connectivity index (χ1v) is 11.2. The molecule has 9 heteroatoms. The van der Waals surface area contributed by atoms with Crippen LogP contribution in [0.15, 0.2) is 64.8 Å². The highest BCUT2D eigenvalue weighted by Crippen LogP contribution is 2.36. The number of aliphatic hydroxyl groups excluding tert-OH is 1. The Morgan fingerprint density at radius 3 is 2.70 bits per heavy atom. The van der Waals surface area contributed by atoms with E-state index in [4.69, 9.17) is 28.2 Å². The summed E-state index contributed by atoms with van der Waals surface area (Å²) in [5.41, 5.74) is 6.06. The number of imidazole rings is 1. The second-order valence-electron chi connectivity index (χ2n) is 7.60. The molecule has 2 N–H and O–H groups in total. The lowest BCUT2D eigenvalue weighted by atomic mass is 10.1. The fourth-order valence-electron chi connectivity index (χ4n) is 3.90. The van der Waals surface area contributed by atoms with Gasteiger partial charge in [-0.05, 0) is 42.8 Å². The molecule has 0 spiro atoms. The summed E-state index contributed by atoms with van der Waals surface area (Å²) in [7, 11) is 0. The van der Waals surface area contributed by atoms with Gasteiger partial charge in [0.05, 0.1) is 52.0 Å². The van der Waals surface area contributed by atoms with Crippen molar-refractivity contribution in [2.45, 2.75) is 13.3 Å². The van der Waals surface area contributed by atoms with E-state index in [0.717, 1.165) is 39.5 Å². The number of amidine groups is 1. The summed E-state index contributed by atoms with van der Waals surface area (Å²) in [5.74, 6) is 1.59. The number of anilines is 1. The first-order valence-electron chi connectivity index (χ1n) is 10.4. The van der Waals surface area contributed by atoms with Crippen LogP contribution in [0.5, 0.6) is 0 Å². The van der Waals surface area contributed by atoms with Crippen molar-refractivity contribution in [3.63, 3.8) is 0 Å². The second kappa shape index (κ2) is 8.94. The fourth-order valence-corrected chi connectivity index (χ4v) is 4.22. The smallest absolute Gasteiger partial charge is 0.111 e. The molecule has 166 valence electrons. The number of pyridine rings is 1. The van der Waals surface area contributed by atoms with Gasteiger partial charge in [0.2, 0.25) is 0 Å². The van der Waals surface area contributed by atoms with E-state index in [2.05, 4.69) is 24.8 Å². The van der Waals surface area contributed by atoms with Crippen LogP contribution in [0.4, 0.5) is 11.4 Å². The van der Waals surface area contributed by atoms with Crippen LogP contribution in [0.25, 0.3) is 16.7 Å². The monoisotopic (exact) mass is 478 g/mol. The van der Waals surface area contributed by atoms with Gasteiger partial charge in [-0.1, -0.05) is 35.3 Å². The molecule has 0 aliphatic carbocycles. The van der Waals surface area contributed by atoms with Crippen molar-refractivity contribution in [3.8, 4) is 5.69 Å². The Morgan fingerprint density at radius 2 is 1.91 bits per heavy atom. The molecule has 2 aromatic carbocycles. The Balaban J connectivity index is 1.56. The number of nitrogens with one attached hydrogen (secondary N) is 1. The molecule has 0 bridgehead atoms. The number of benzene rings is 2. The molecule has 0 saturated heterocycles. The largest absolute Gasteiger partial charge is 0.394 e. The zero-order chi connectivity index (χ0) is 22.9. The molecule has 0 amide bonds. The Morgan fingerprint density at radius 1 is 1.12 bits per heavy atom. The van der Waals surface area contributed by atoms with Gasteiger partial charge in [-0.2, -0.15) is 0 Å². The van der Waals surface area contributed by atoms with Crippen molar-refractivity contribution in [2.75, 3.05) is 18.5 Å². The minimum atomic E-state index is -0.0334. The summed E-state index contributed by atoms with van der Waals surface area (Å²) in [4.78, 5) is 18.1. The highest BCUT2D eigenvalue weighted by Gasteiger charge is 2.18. The summed E-state index contributed by atoms with van der Waals surface area (Å²) in [6.07, 6.45) is 4.01.